The molecule has 4 aliphatic carbocycles. The zero-order chi connectivity index (χ0) is 11.3. The molecule has 4 saturated carbocycles. The van der Waals surface area contributed by atoms with Gasteiger partial charge in [0.15, 0.2) is 0 Å². The van der Waals surface area contributed by atoms with E-state index in [0.29, 0.717) is 0 Å². The summed E-state index contributed by atoms with van der Waals surface area (Å²) < 4.78 is 0. The van der Waals surface area contributed by atoms with Crippen molar-refractivity contribution in [3.8, 4) is 0 Å². The van der Waals surface area contributed by atoms with Crippen LogP contribution >= 0.6 is 12.4 Å². The van der Waals surface area contributed by atoms with Crippen molar-refractivity contribution in [2.24, 2.45) is 23.7 Å². The molecule has 3 heteroatoms. The molecule has 2 nitrogen and oxygen atoms in total. The predicted octanol–water partition coefficient (Wildman–Crippen LogP) is 3.03. The third-order valence-corrected chi connectivity index (χ3v) is 5.60. The van der Waals surface area contributed by atoms with Crippen molar-refractivity contribution in [2.45, 2.75) is 45.1 Å². The van der Waals surface area contributed by atoms with Crippen LogP contribution in [-0.2, 0) is 0 Å². The molecule has 0 heterocycles. The number of hydrogen-bond donors (Lipinski definition) is 0. The van der Waals surface area contributed by atoms with Crippen molar-refractivity contribution in [3.05, 3.63) is 0 Å². The van der Waals surface area contributed by atoms with Crippen molar-refractivity contribution in [1.29, 1.82) is 0 Å². The SMILES string of the molecule is CCN(C)N(C)C1C2CC3CC(C2)CC1C3.Cl. The van der Waals surface area contributed by atoms with E-state index in [-0.39, 0.29) is 12.4 Å². The lowest BCUT2D eigenvalue weighted by atomic mass is 9.54. The zero-order valence-corrected chi connectivity index (χ0v) is 12.2. The summed E-state index contributed by atoms with van der Waals surface area (Å²) >= 11 is 0. The van der Waals surface area contributed by atoms with Gasteiger partial charge in [0.05, 0.1) is 0 Å². The normalized spacial score (nSPS) is 43.2. The minimum absolute atomic E-state index is 0. The standard InChI is InChI=1S/C14H26N2.ClH/c1-4-15(2)16(3)14-12-6-10-5-11(8-12)9-13(14)7-10;/h10-14H,4-9H2,1-3H3;1H. The molecule has 100 valence electrons. The zero-order valence-electron chi connectivity index (χ0n) is 11.4. The summed E-state index contributed by atoms with van der Waals surface area (Å²) in [5.41, 5.74) is 0. The smallest absolute Gasteiger partial charge is 0.0299 e. The van der Waals surface area contributed by atoms with Crippen LogP contribution in [0.25, 0.3) is 0 Å². The van der Waals surface area contributed by atoms with Crippen LogP contribution in [0.1, 0.15) is 39.0 Å². The molecule has 0 spiro atoms. The van der Waals surface area contributed by atoms with Crippen LogP contribution in [0.5, 0.6) is 0 Å². The third kappa shape index (κ3) is 2.24. The van der Waals surface area contributed by atoms with Crippen molar-refractivity contribution < 1.29 is 0 Å². The van der Waals surface area contributed by atoms with E-state index in [2.05, 4.69) is 31.0 Å². The molecule has 0 aliphatic heterocycles. The molecule has 0 atom stereocenters. The fourth-order valence-corrected chi connectivity index (χ4v) is 4.96. The lowest BCUT2D eigenvalue weighted by molar-refractivity contribution is -0.126. The molecule has 0 N–H and O–H groups in total. The summed E-state index contributed by atoms with van der Waals surface area (Å²) in [6.07, 6.45) is 7.67. The van der Waals surface area contributed by atoms with E-state index in [1.54, 1.807) is 6.42 Å². The molecular weight excluding hydrogens is 232 g/mol. The molecule has 0 aromatic rings. The Morgan fingerprint density at radius 3 is 1.76 bits per heavy atom. The van der Waals surface area contributed by atoms with Gasteiger partial charge in [-0.15, -0.1) is 12.4 Å². The number of halogens is 1. The first-order valence-electron chi connectivity index (χ1n) is 7.13. The van der Waals surface area contributed by atoms with E-state index in [9.17, 15) is 0 Å². The van der Waals surface area contributed by atoms with Crippen LogP contribution in [0.3, 0.4) is 0 Å². The second-order valence-corrected chi connectivity index (χ2v) is 6.47. The molecule has 4 aliphatic rings. The van der Waals surface area contributed by atoms with Crippen molar-refractivity contribution in [3.63, 3.8) is 0 Å². The molecule has 4 rings (SSSR count). The molecule has 0 unspecified atom stereocenters. The molecule has 0 amide bonds. The first-order valence-corrected chi connectivity index (χ1v) is 7.13. The quantitative estimate of drug-likeness (QED) is 0.718. The van der Waals surface area contributed by atoms with Gasteiger partial charge in [-0.25, -0.2) is 10.0 Å². The van der Waals surface area contributed by atoms with E-state index < -0.39 is 0 Å². The predicted molar refractivity (Wildman–Crippen MR) is 74.1 cm³/mol. The highest BCUT2D eigenvalue weighted by atomic mass is 35.5. The van der Waals surface area contributed by atoms with Crippen LogP contribution in [0.4, 0.5) is 0 Å². The van der Waals surface area contributed by atoms with Crippen molar-refractivity contribution in [1.82, 2.24) is 10.0 Å². The van der Waals surface area contributed by atoms with Gasteiger partial charge in [0.2, 0.25) is 0 Å². The fraction of sp³-hybridized carbons (Fsp3) is 1.00. The topological polar surface area (TPSA) is 6.48 Å². The van der Waals surface area contributed by atoms with Gasteiger partial charge in [-0.2, -0.15) is 0 Å². The number of nitrogens with zero attached hydrogens (tertiary/aromatic N) is 2. The van der Waals surface area contributed by atoms with Crippen molar-refractivity contribution in [2.75, 3.05) is 20.6 Å². The number of hydrazine groups is 1. The molecule has 0 aromatic carbocycles. The van der Waals surface area contributed by atoms with Gasteiger partial charge in [0.25, 0.3) is 0 Å². The van der Waals surface area contributed by atoms with Crippen LogP contribution in [0.15, 0.2) is 0 Å². The van der Waals surface area contributed by atoms with Gasteiger partial charge in [-0.3, -0.25) is 0 Å². The summed E-state index contributed by atoms with van der Waals surface area (Å²) in [5, 5.41) is 4.97. The average molecular weight is 259 g/mol. The first kappa shape index (κ1) is 13.6. The highest BCUT2D eigenvalue weighted by molar-refractivity contribution is 5.85. The van der Waals surface area contributed by atoms with Crippen LogP contribution in [0, 0.1) is 23.7 Å². The Bertz CT molecular complexity index is 238. The second kappa shape index (κ2) is 5.07. The molecule has 17 heavy (non-hydrogen) atoms. The molecule has 4 bridgehead atoms. The highest BCUT2D eigenvalue weighted by Crippen LogP contribution is 2.54. The third-order valence-electron chi connectivity index (χ3n) is 5.60. The maximum Gasteiger partial charge on any atom is 0.0299 e. The molecule has 0 aromatic heterocycles. The van der Waals surface area contributed by atoms with Gasteiger partial charge in [0, 0.05) is 26.7 Å². The Balaban J connectivity index is 0.00000108. The lowest BCUT2D eigenvalue weighted by Crippen LogP contribution is -2.58. The van der Waals surface area contributed by atoms with Crippen LogP contribution < -0.4 is 0 Å². The summed E-state index contributed by atoms with van der Waals surface area (Å²) in [4.78, 5) is 0. The maximum absolute atomic E-state index is 2.56. The summed E-state index contributed by atoms with van der Waals surface area (Å²) in [6.45, 7) is 3.39. The second-order valence-electron chi connectivity index (χ2n) is 6.47. The lowest BCUT2D eigenvalue weighted by Gasteiger charge is -2.57. The minimum Gasteiger partial charge on any atom is -0.245 e. The number of hydrogen-bond acceptors (Lipinski definition) is 2. The minimum atomic E-state index is 0. The van der Waals surface area contributed by atoms with Gasteiger partial charge < -0.3 is 0 Å². The molecule has 0 radical (unpaired) electrons. The summed E-state index contributed by atoms with van der Waals surface area (Å²) in [5.74, 6) is 4.21. The van der Waals surface area contributed by atoms with E-state index >= 15 is 0 Å². The van der Waals surface area contributed by atoms with Crippen molar-refractivity contribution >= 4 is 12.4 Å². The number of rotatable bonds is 3. The fourth-order valence-electron chi connectivity index (χ4n) is 4.96. The molecule has 0 saturated heterocycles. The highest BCUT2D eigenvalue weighted by Gasteiger charge is 2.49. The van der Waals surface area contributed by atoms with E-state index in [4.69, 9.17) is 0 Å². The van der Waals surface area contributed by atoms with Gasteiger partial charge in [-0.1, -0.05) is 6.92 Å². The van der Waals surface area contributed by atoms with Crippen LogP contribution in [0.2, 0.25) is 0 Å². The Hall–Kier alpha value is 0.210. The van der Waals surface area contributed by atoms with Gasteiger partial charge in [-0.05, 0) is 55.8 Å². The Morgan fingerprint density at radius 2 is 1.35 bits per heavy atom. The monoisotopic (exact) mass is 258 g/mol. The van der Waals surface area contributed by atoms with E-state index in [0.717, 1.165) is 36.3 Å². The summed E-state index contributed by atoms with van der Waals surface area (Å²) in [6, 6.07) is 0.859. The average Bonchev–Trinajstić information content (AvgIpc) is 2.26. The van der Waals surface area contributed by atoms with Gasteiger partial charge in [0.1, 0.15) is 0 Å². The molecule has 4 fully saturated rings. The van der Waals surface area contributed by atoms with Crippen LogP contribution in [-0.4, -0.2) is 36.7 Å². The van der Waals surface area contributed by atoms with Gasteiger partial charge >= 0.3 is 0 Å². The Morgan fingerprint density at radius 1 is 0.882 bits per heavy atom. The Labute approximate surface area is 112 Å². The maximum atomic E-state index is 2.56. The first-order chi connectivity index (χ1) is 7.69. The van der Waals surface area contributed by atoms with E-state index in [1.807, 2.05) is 0 Å². The Kier molecular flexibility index (Phi) is 4.06. The largest absolute Gasteiger partial charge is 0.245 e. The summed E-state index contributed by atoms with van der Waals surface area (Å²) in [7, 11) is 4.56. The molecular formula is C14H27ClN2. The van der Waals surface area contributed by atoms with E-state index in [1.165, 1.54) is 25.7 Å².